The van der Waals surface area contributed by atoms with Gasteiger partial charge in [0.1, 0.15) is 5.75 Å². The standard InChI is InChI=1S/C18H25ClN2O3/c1-12(2)10-17(22)21-8-6-13(7-9-21)18(23)20-15-11-14(19)4-5-16(15)24-3/h4-5,11-13H,6-10H2,1-3H3,(H,20,23). The van der Waals surface area contributed by atoms with E-state index in [9.17, 15) is 9.59 Å². The summed E-state index contributed by atoms with van der Waals surface area (Å²) >= 11 is 5.99. The van der Waals surface area contributed by atoms with Crippen LogP contribution in [-0.4, -0.2) is 36.9 Å². The van der Waals surface area contributed by atoms with Crippen molar-refractivity contribution >= 4 is 29.1 Å². The van der Waals surface area contributed by atoms with Gasteiger partial charge in [0, 0.05) is 30.5 Å². The highest BCUT2D eigenvalue weighted by Gasteiger charge is 2.27. The molecule has 0 unspecified atom stereocenters. The molecule has 1 aliphatic heterocycles. The summed E-state index contributed by atoms with van der Waals surface area (Å²) in [6.07, 6.45) is 1.92. The second-order valence-electron chi connectivity index (χ2n) is 6.59. The van der Waals surface area contributed by atoms with Gasteiger partial charge in [-0.05, 0) is 37.0 Å². The highest BCUT2D eigenvalue weighted by atomic mass is 35.5. The number of benzene rings is 1. The van der Waals surface area contributed by atoms with Crippen molar-refractivity contribution in [3.8, 4) is 5.75 Å². The third kappa shape index (κ3) is 4.87. The second-order valence-corrected chi connectivity index (χ2v) is 7.02. The van der Waals surface area contributed by atoms with Crippen molar-refractivity contribution in [2.24, 2.45) is 11.8 Å². The summed E-state index contributed by atoms with van der Waals surface area (Å²) in [6, 6.07) is 5.12. The van der Waals surface area contributed by atoms with Gasteiger partial charge in [-0.25, -0.2) is 0 Å². The number of methoxy groups -OCH3 is 1. The molecular formula is C18H25ClN2O3. The molecule has 0 spiro atoms. The molecule has 0 saturated carbocycles. The molecule has 132 valence electrons. The Morgan fingerprint density at radius 1 is 1.33 bits per heavy atom. The maximum atomic E-state index is 12.5. The summed E-state index contributed by atoms with van der Waals surface area (Å²) in [6.45, 7) is 5.35. The molecule has 1 saturated heterocycles. The normalized spacial score (nSPS) is 15.5. The number of piperidine rings is 1. The zero-order chi connectivity index (χ0) is 17.7. The van der Waals surface area contributed by atoms with Crippen LogP contribution >= 0.6 is 11.6 Å². The van der Waals surface area contributed by atoms with Crippen LogP contribution in [0.25, 0.3) is 0 Å². The van der Waals surface area contributed by atoms with E-state index in [1.54, 1.807) is 25.3 Å². The number of likely N-dealkylation sites (tertiary alicyclic amines) is 1. The molecule has 2 rings (SSSR count). The maximum absolute atomic E-state index is 12.5. The third-order valence-electron chi connectivity index (χ3n) is 4.22. The largest absolute Gasteiger partial charge is 0.495 e. The van der Waals surface area contributed by atoms with E-state index in [1.165, 1.54) is 0 Å². The van der Waals surface area contributed by atoms with Gasteiger partial charge >= 0.3 is 0 Å². The fraction of sp³-hybridized carbons (Fsp3) is 0.556. The number of rotatable bonds is 5. The number of halogens is 1. The SMILES string of the molecule is COc1ccc(Cl)cc1NC(=O)C1CCN(C(=O)CC(C)C)CC1. The highest BCUT2D eigenvalue weighted by molar-refractivity contribution is 6.31. The van der Waals surface area contributed by atoms with Crippen molar-refractivity contribution < 1.29 is 14.3 Å². The number of hydrogen-bond acceptors (Lipinski definition) is 3. The van der Waals surface area contributed by atoms with Gasteiger partial charge in [0.2, 0.25) is 11.8 Å². The first-order valence-electron chi connectivity index (χ1n) is 8.33. The van der Waals surface area contributed by atoms with E-state index < -0.39 is 0 Å². The number of carbonyl (C=O) groups excluding carboxylic acids is 2. The van der Waals surface area contributed by atoms with Crippen LogP contribution in [0.15, 0.2) is 18.2 Å². The number of ether oxygens (including phenoxy) is 1. The van der Waals surface area contributed by atoms with E-state index in [0.717, 1.165) is 0 Å². The lowest BCUT2D eigenvalue weighted by Crippen LogP contribution is -2.41. The summed E-state index contributed by atoms with van der Waals surface area (Å²) in [4.78, 5) is 26.4. The molecular weight excluding hydrogens is 328 g/mol. The van der Waals surface area contributed by atoms with E-state index in [1.807, 2.05) is 18.7 Å². The van der Waals surface area contributed by atoms with E-state index in [0.29, 0.717) is 54.7 Å². The van der Waals surface area contributed by atoms with Crippen LogP contribution in [0, 0.1) is 11.8 Å². The summed E-state index contributed by atoms with van der Waals surface area (Å²) in [5.74, 6) is 0.967. The predicted molar refractivity (Wildman–Crippen MR) is 95.4 cm³/mol. The molecule has 0 atom stereocenters. The quantitative estimate of drug-likeness (QED) is 0.881. The van der Waals surface area contributed by atoms with E-state index in [2.05, 4.69) is 5.32 Å². The first kappa shape index (κ1) is 18.6. The molecule has 5 nitrogen and oxygen atoms in total. The van der Waals surface area contributed by atoms with Crippen molar-refractivity contribution in [3.63, 3.8) is 0 Å². The predicted octanol–water partition coefficient (Wildman–Crippen LogP) is 3.57. The van der Waals surface area contributed by atoms with Crippen LogP contribution < -0.4 is 10.1 Å². The molecule has 0 radical (unpaired) electrons. The van der Waals surface area contributed by atoms with Gasteiger partial charge in [-0.3, -0.25) is 9.59 Å². The van der Waals surface area contributed by atoms with Gasteiger partial charge in [0.25, 0.3) is 0 Å². The van der Waals surface area contributed by atoms with E-state index >= 15 is 0 Å². The number of hydrogen-bond donors (Lipinski definition) is 1. The average molecular weight is 353 g/mol. The van der Waals surface area contributed by atoms with Crippen LogP contribution in [0.4, 0.5) is 5.69 Å². The van der Waals surface area contributed by atoms with Crippen LogP contribution in [0.1, 0.15) is 33.1 Å². The topological polar surface area (TPSA) is 58.6 Å². The van der Waals surface area contributed by atoms with Crippen molar-refractivity contribution in [3.05, 3.63) is 23.2 Å². The molecule has 0 bridgehead atoms. The monoisotopic (exact) mass is 352 g/mol. The Morgan fingerprint density at radius 2 is 2.00 bits per heavy atom. The highest BCUT2D eigenvalue weighted by Crippen LogP contribution is 2.29. The molecule has 2 amide bonds. The average Bonchev–Trinajstić information content (AvgIpc) is 2.54. The molecule has 24 heavy (non-hydrogen) atoms. The number of carbonyl (C=O) groups is 2. The summed E-state index contributed by atoms with van der Waals surface area (Å²) in [7, 11) is 1.55. The van der Waals surface area contributed by atoms with Crippen molar-refractivity contribution in [1.29, 1.82) is 0 Å². The number of anilines is 1. The fourth-order valence-corrected chi connectivity index (χ4v) is 3.05. The van der Waals surface area contributed by atoms with Crippen LogP contribution in [-0.2, 0) is 9.59 Å². The van der Waals surface area contributed by atoms with E-state index in [4.69, 9.17) is 16.3 Å². The zero-order valence-electron chi connectivity index (χ0n) is 14.5. The van der Waals surface area contributed by atoms with Crippen LogP contribution in [0.3, 0.4) is 0 Å². The number of nitrogens with zero attached hydrogens (tertiary/aromatic N) is 1. The number of nitrogens with one attached hydrogen (secondary N) is 1. The minimum absolute atomic E-state index is 0.0495. The molecule has 1 aromatic carbocycles. The van der Waals surface area contributed by atoms with Crippen molar-refractivity contribution in [2.75, 3.05) is 25.5 Å². The van der Waals surface area contributed by atoms with Gasteiger partial charge in [-0.2, -0.15) is 0 Å². The Hall–Kier alpha value is -1.75. The van der Waals surface area contributed by atoms with Crippen molar-refractivity contribution in [1.82, 2.24) is 4.90 Å². The molecule has 0 aliphatic carbocycles. The van der Waals surface area contributed by atoms with E-state index in [-0.39, 0.29) is 17.7 Å². The molecule has 1 aromatic rings. The summed E-state index contributed by atoms with van der Waals surface area (Å²) < 4.78 is 5.25. The first-order chi connectivity index (χ1) is 11.4. The maximum Gasteiger partial charge on any atom is 0.227 e. The van der Waals surface area contributed by atoms with Crippen LogP contribution in [0.2, 0.25) is 5.02 Å². The molecule has 1 aliphatic rings. The van der Waals surface area contributed by atoms with Crippen molar-refractivity contribution in [2.45, 2.75) is 33.1 Å². The molecule has 1 fully saturated rings. The zero-order valence-corrected chi connectivity index (χ0v) is 15.2. The molecule has 6 heteroatoms. The first-order valence-corrected chi connectivity index (χ1v) is 8.70. The third-order valence-corrected chi connectivity index (χ3v) is 4.46. The molecule has 1 N–H and O–H groups in total. The Bertz CT molecular complexity index is 596. The van der Waals surface area contributed by atoms with Gasteiger partial charge in [-0.15, -0.1) is 0 Å². The second kappa shape index (κ2) is 8.38. The minimum atomic E-state index is -0.100. The van der Waals surface area contributed by atoms with Gasteiger partial charge in [0.05, 0.1) is 12.8 Å². The Labute approximate surface area is 148 Å². The lowest BCUT2D eigenvalue weighted by molar-refractivity contribution is -0.135. The Balaban J connectivity index is 1.91. The van der Waals surface area contributed by atoms with Gasteiger partial charge in [0.15, 0.2) is 0 Å². The van der Waals surface area contributed by atoms with Gasteiger partial charge in [-0.1, -0.05) is 25.4 Å². The fourth-order valence-electron chi connectivity index (χ4n) is 2.88. The minimum Gasteiger partial charge on any atom is -0.495 e. The Kier molecular flexibility index (Phi) is 6.49. The Morgan fingerprint density at radius 3 is 2.58 bits per heavy atom. The lowest BCUT2D eigenvalue weighted by atomic mass is 9.95. The molecule has 0 aromatic heterocycles. The van der Waals surface area contributed by atoms with Crippen LogP contribution in [0.5, 0.6) is 5.75 Å². The number of amides is 2. The smallest absolute Gasteiger partial charge is 0.227 e. The van der Waals surface area contributed by atoms with Gasteiger partial charge < -0.3 is 15.0 Å². The molecule has 1 heterocycles. The lowest BCUT2D eigenvalue weighted by Gasteiger charge is -2.32. The summed E-state index contributed by atoms with van der Waals surface area (Å²) in [5, 5.41) is 3.44. The summed E-state index contributed by atoms with van der Waals surface area (Å²) in [5.41, 5.74) is 0.577.